The smallest absolute Gasteiger partial charge is 0.323 e. The molecular formula is C13H18N2O6S. The lowest BCUT2D eigenvalue weighted by atomic mass is 10.2. The summed E-state index contributed by atoms with van der Waals surface area (Å²) >= 11 is 0. The molecule has 0 saturated heterocycles. The van der Waals surface area contributed by atoms with Crippen LogP contribution >= 0.6 is 0 Å². The van der Waals surface area contributed by atoms with Crippen molar-refractivity contribution in [3.63, 3.8) is 0 Å². The third-order valence-electron chi connectivity index (χ3n) is 2.71. The van der Waals surface area contributed by atoms with E-state index in [0.717, 1.165) is 4.90 Å². The van der Waals surface area contributed by atoms with E-state index in [0.29, 0.717) is 0 Å². The summed E-state index contributed by atoms with van der Waals surface area (Å²) < 4.78 is 31.2. The SMILES string of the molecule is COCCNS(=O)(=O)c1cccc(C(=O)N(C)CC(=O)O)c1. The lowest BCUT2D eigenvalue weighted by Gasteiger charge is -2.15. The summed E-state index contributed by atoms with van der Waals surface area (Å²) in [5, 5.41) is 8.67. The molecule has 1 aromatic carbocycles. The molecule has 22 heavy (non-hydrogen) atoms. The topological polar surface area (TPSA) is 113 Å². The molecule has 0 spiro atoms. The lowest BCUT2D eigenvalue weighted by molar-refractivity contribution is -0.137. The largest absolute Gasteiger partial charge is 0.480 e. The van der Waals surface area contributed by atoms with Crippen molar-refractivity contribution in [2.45, 2.75) is 4.90 Å². The highest BCUT2D eigenvalue weighted by Crippen LogP contribution is 2.13. The van der Waals surface area contributed by atoms with Crippen LogP contribution in [0.15, 0.2) is 29.2 Å². The molecule has 1 amide bonds. The van der Waals surface area contributed by atoms with Crippen molar-refractivity contribution in [1.82, 2.24) is 9.62 Å². The Hall–Kier alpha value is -1.97. The van der Waals surface area contributed by atoms with Gasteiger partial charge < -0.3 is 14.7 Å². The molecule has 122 valence electrons. The zero-order chi connectivity index (χ0) is 16.8. The third kappa shape index (κ3) is 5.10. The second kappa shape index (κ2) is 7.87. The predicted octanol–water partition coefficient (Wildman–Crippen LogP) is -0.232. The van der Waals surface area contributed by atoms with E-state index in [-0.39, 0.29) is 23.6 Å². The molecular weight excluding hydrogens is 312 g/mol. The van der Waals surface area contributed by atoms with E-state index in [4.69, 9.17) is 9.84 Å². The van der Waals surface area contributed by atoms with Gasteiger partial charge in [-0.1, -0.05) is 6.07 Å². The van der Waals surface area contributed by atoms with E-state index in [9.17, 15) is 18.0 Å². The summed E-state index contributed by atoms with van der Waals surface area (Å²) in [6.45, 7) is -0.142. The summed E-state index contributed by atoms with van der Waals surface area (Å²) in [6, 6.07) is 5.40. The fraction of sp³-hybridized carbons (Fsp3) is 0.385. The predicted molar refractivity (Wildman–Crippen MR) is 78.1 cm³/mol. The van der Waals surface area contributed by atoms with E-state index < -0.39 is 28.4 Å². The van der Waals surface area contributed by atoms with Crippen molar-refractivity contribution >= 4 is 21.9 Å². The monoisotopic (exact) mass is 330 g/mol. The van der Waals surface area contributed by atoms with Crippen molar-refractivity contribution in [3.8, 4) is 0 Å². The molecule has 0 saturated carbocycles. The minimum Gasteiger partial charge on any atom is -0.480 e. The second-order valence-corrected chi connectivity index (χ2v) is 6.24. The van der Waals surface area contributed by atoms with Crippen molar-refractivity contribution in [2.24, 2.45) is 0 Å². The molecule has 0 aliphatic heterocycles. The van der Waals surface area contributed by atoms with Crippen molar-refractivity contribution < 1.29 is 27.9 Å². The number of aliphatic carboxylic acids is 1. The van der Waals surface area contributed by atoms with Crippen LogP contribution in [0.1, 0.15) is 10.4 Å². The van der Waals surface area contributed by atoms with Crippen LogP contribution < -0.4 is 4.72 Å². The zero-order valence-electron chi connectivity index (χ0n) is 12.3. The van der Waals surface area contributed by atoms with Gasteiger partial charge in [-0.2, -0.15) is 0 Å². The molecule has 2 N–H and O–H groups in total. The van der Waals surface area contributed by atoms with Crippen molar-refractivity contribution in [2.75, 3.05) is 33.9 Å². The maximum absolute atomic E-state index is 12.0. The molecule has 0 bridgehead atoms. The first kappa shape index (κ1) is 18.1. The number of carbonyl (C=O) groups is 2. The Balaban J connectivity index is 2.94. The van der Waals surface area contributed by atoms with Crippen LogP contribution in [-0.4, -0.2) is 64.2 Å². The van der Waals surface area contributed by atoms with E-state index in [1.54, 1.807) is 0 Å². The van der Waals surface area contributed by atoms with Crippen LogP contribution in [0.5, 0.6) is 0 Å². The molecule has 1 aromatic rings. The highest BCUT2D eigenvalue weighted by Gasteiger charge is 2.18. The first-order chi connectivity index (χ1) is 10.3. The standard InChI is InChI=1S/C13H18N2O6S/c1-15(9-12(16)17)13(18)10-4-3-5-11(8-10)22(19,20)14-6-7-21-2/h3-5,8,14H,6-7,9H2,1-2H3,(H,16,17). The average molecular weight is 330 g/mol. The van der Waals surface area contributed by atoms with E-state index in [1.165, 1.54) is 38.4 Å². The molecule has 9 heteroatoms. The summed E-state index contributed by atoms with van der Waals surface area (Å²) in [6.07, 6.45) is 0. The summed E-state index contributed by atoms with van der Waals surface area (Å²) in [4.78, 5) is 23.6. The minimum absolute atomic E-state index is 0.0711. The number of likely N-dealkylation sites (N-methyl/N-ethyl adjacent to an activating group) is 1. The first-order valence-electron chi connectivity index (χ1n) is 6.34. The van der Waals surface area contributed by atoms with Gasteiger partial charge in [-0.25, -0.2) is 13.1 Å². The number of carbonyl (C=O) groups excluding carboxylic acids is 1. The summed E-state index contributed by atoms with van der Waals surface area (Å²) in [7, 11) is -0.976. The van der Waals surface area contributed by atoms with Crippen LogP contribution in [0.25, 0.3) is 0 Å². The molecule has 8 nitrogen and oxygen atoms in total. The molecule has 0 fully saturated rings. The summed E-state index contributed by atoms with van der Waals surface area (Å²) in [5.74, 6) is -1.72. The molecule has 0 aliphatic rings. The van der Waals surface area contributed by atoms with Gasteiger partial charge in [0.1, 0.15) is 6.54 Å². The Kier molecular flexibility index (Phi) is 6.47. The second-order valence-electron chi connectivity index (χ2n) is 4.47. The van der Waals surface area contributed by atoms with E-state index in [2.05, 4.69) is 4.72 Å². The maximum atomic E-state index is 12.0. The first-order valence-corrected chi connectivity index (χ1v) is 7.82. The highest BCUT2D eigenvalue weighted by molar-refractivity contribution is 7.89. The quantitative estimate of drug-likeness (QED) is 0.637. The zero-order valence-corrected chi connectivity index (χ0v) is 13.1. The van der Waals surface area contributed by atoms with Crippen molar-refractivity contribution in [1.29, 1.82) is 0 Å². The lowest BCUT2D eigenvalue weighted by Crippen LogP contribution is -2.32. The summed E-state index contributed by atoms with van der Waals surface area (Å²) in [5.41, 5.74) is 0.0957. The Labute approximate surface area is 128 Å². The maximum Gasteiger partial charge on any atom is 0.323 e. The fourth-order valence-electron chi connectivity index (χ4n) is 1.65. The van der Waals surface area contributed by atoms with Gasteiger partial charge >= 0.3 is 5.97 Å². The number of amides is 1. The molecule has 0 aliphatic carbocycles. The number of hydrogen-bond donors (Lipinski definition) is 2. The molecule has 1 rings (SSSR count). The van der Waals surface area contributed by atoms with Gasteiger partial charge in [-0.3, -0.25) is 9.59 Å². The Morgan fingerprint density at radius 1 is 1.36 bits per heavy atom. The Bertz CT molecular complexity index is 644. The number of nitrogens with one attached hydrogen (secondary N) is 1. The number of methoxy groups -OCH3 is 1. The molecule has 0 radical (unpaired) electrons. The third-order valence-corrected chi connectivity index (χ3v) is 4.17. The van der Waals surface area contributed by atoms with Crippen LogP contribution in [0, 0.1) is 0 Å². The van der Waals surface area contributed by atoms with Crippen molar-refractivity contribution in [3.05, 3.63) is 29.8 Å². The number of ether oxygens (including phenoxy) is 1. The number of carboxylic acids is 1. The normalized spacial score (nSPS) is 11.2. The van der Waals surface area contributed by atoms with Gasteiger partial charge in [-0.05, 0) is 18.2 Å². The van der Waals surface area contributed by atoms with Gasteiger partial charge in [0.15, 0.2) is 0 Å². The van der Waals surface area contributed by atoms with E-state index in [1.807, 2.05) is 0 Å². The Morgan fingerprint density at radius 3 is 2.64 bits per heavy atom. The molecule has 0 heterocycles. The van der Waals surface area contributed by atoms with Crippen LogP contribution in [-0.2, 0) is 19.6 Å². The van der Waals surface area contributed by atoms with Gasteiger partial charge in [0.05, 0.1) is 11.5 Å². The highest BCUT2D eigenvalue weighted by atomic mass is 32.2. The number of hydrogen-bond acceptors (Lipinski definition) is 5. The van der Waals surface area contributed by atoms with Gasteiger partial charge in [-0.15, -0.1) is 0 Å². The number of sulfonamides is 1. The van der Waals surface area contributed by atoms with Gasteiger partial charge in [0, 0.05) is 26.3 Å². The van der Waals surface area contributed by atoms with Gasteiger partial charge in [0.25, 0.3) is 5.91 Å². The number of rotatable bonds is 8. The van der Waals surface area contributed by atoms with Crippen LogP contribution in [0.4, 0.5) is 0 Å². The van der Waals surface area contributed by atoms with Gasteiger partial charge in [0.2, 0.25) is 10.0 Å². The number of benzene rings is 1. The molecule has 0 aromatic heterocycles. The molecule has 0 atom stereocenters. The minimum atomic E-state index is -3.75. The fourth-order valence-corrected chi connectivity index (χ4v) is 2.71. The van der Waals surface area contributed by atoms with Crippen LogP contribution in [0.3, 0.4) is 0 Å². The van der Waals surface area contributed by atoms with E-state index >= 15 is 0 Å². The Morgan fingerprint density at radius 2 is 2.05 bits per heavy atom. The van der Waals surface area contributed by atoms with Crippen LogP contribution in [0.2, 0.25) is 0 Å². The number of carboxylic acid groups (broad SMARTS) is 1. The average Bonchev–Trinajstić information content (AvgIpc) is 2.46. The molecule has 0 unspecified atom stereocenters. The number of nitrogens with zero attached hydrogens (tertiary/aromatic N) is 1.